The molecule has 0 aromatic carbocycles. The number of halogens is 1. The molecule has 2 saturated heterocycles. The van der Waals surface area contributed by atoms with Crippen LogP contribution in [0.1, 0.15) is 0 Å². The van der Waals surface area contributed by atoms with Crippen LogP contribution in [0.4, 0.5) is 0 Å². The van der Waals surface area contributed by atoms with Gasteiger partial charge in [0.2, 0.25) is 10.0 Å². The molecule has 0 atom stereocenters. The Balaban J connectivity index is 0.000000720. The largest absolute Gasteiger partial charge is 0.315 e. The third kappa shape index (κ3) is 1.46. The van der Waals surface area contributed by atoms with Crippen LogP contribution >= 0.6 is 12.4 Å². The molecule has 6 heteroatoms. The van der Waals surface area contributed by atoms with E-state index in [0.717, 1.165) is 26.2 Å². The first-order valence-electron chi connectivity index (χ1n) is 3.68. The van der Waals surface area contributed by atoms with Gasteiger partial charge in [-0.05, 0) is 0 Å². The Bertz CT molecular complexity index is 265. The summed E-state index contributed by atoms with van der Waals surface area (Å²) in [6.45, 7) is 3.41. The van der Waals surface area contributed by atoms with E-state index in [-0.39, 0.29) is 12.4 Å². The molecule has 4 nitrogen and oxygen atoms in total. The average molecular weight is 213 g/mol. The van der Waals surface area contributed by atoms with Gasteiger partial charge in [-0.1, -0.05) is 0 Å². The molecule has 2 aliphatic rings. The second-order valence-corrected chi connectivity index (χ2v) is 5.62. The summed E-state index contributed by atoms with van der Waals surface area (Å²) in [4.78, 5) is 0. The number of hydrogen-bond donors (Lipinski definition) is 1. The van der Waals surface area contributed by atoms with Gasteiger partial charge in [0, 0.05) is 31.6 Å². The first kappa shape index (κ1) is 10.2. The third-order valence-corrected chi connectivity index (χ3v) is 3.69. The fourth-order valence-corrected chi connectivity index (χ4v) is 2.66. The first-order valence-corrected chi connectivity index (χ1v) is 5.53. The van der Waals surface area contributed by atoms with Gasteiger partial charge in [-0.15, -0.1) is 12.4 Å². The maximum absolute atomic E-state index is 10.9. The highest BCUT2D eigenvalue weighted by molar-refractivity contribution is 7.88. The fourth-order valence-electron chi connectivity index (χ4n) is 1.64. The summed E-state index contributed by atoms with van der Waals surface area (Å²) in [5.41, 5.74) is 0.309. The van der Waals surface area contributed by atoms with E-state index in [1.54, 1.807) is 0 Å². The molecular weight excluding hydrogens is 200 g/mol. The molecule has 0 unspecified atom stereocenters. The molecule has 2 heterocycles. The van der Waals surface area contributed by atoms with Gasteiger partial charge >= 0.3 is 0 Å². The van der Waals surface area contributed by atoms with Crippen LogP contribution in [-0.4, -0.2) is 45.2 Å². The van der Waals surface area contributed by atoms with Crippen LogP contribution in [-0.2, 0) is 10.0 Å². The van der Waals surface area contributed by atoms with Gasteiger partial charge in [0.1, 0.15) is 0 Å². The zero-order valence-corrected chi connectivity index (χ0v) is 8.54. The molecule has 1 spiro atoms. The van der Waals surface area contributed by atoms with Crippen molar-refractivity contribution in [3.63, 3.8) is 0 Å². The molecule has 1 N–H and O–H groups in total. The van der Waals surface area contributed by atoms with Crippen molar-refractivity contribution in [2.45, 2.75) is 0 Å². The van der Waals surface area contributed by atoms with Crippen molar-refractivity contribution in [3.05, 3.63) is 0 Å². The van der Waals surface area contributed by atoms with E-state index in [1.807, 2.05) is 0 Å². The van der Waals surface area contributed by atoms with Crippen molar-refractivity contribution >= 4 is 22.4 Å². The summed E-state index contributed by atoms with van der Waals surface area (Å²) in [5, 5.41) is 3.15. The predicted octanol–water partition coefficient (Wildman–Crippen LogP) is -0.727. The lowest BCUT2D eigenvalue weighted by atomic mass is 9.76. The highest BCUT2D eigenvalue weighted by Gasteiger charge is 2.50. The highest BCUT2D eigenvalue weighted by Crippen LogP contribution is 2.35. The van der Waals surface area contributed by atoms with Crippen LogP contribution in [0.5, 0.6) is 0 Å². The lowest BCUT2D eigenvalue weighted by Gasteiger charge is -2.54. The number of nitrogens with zero attached hydrogens (tertiary/aromatic N) is 1. The molecule has 0 aromatic rings. The lowest BCUT2D eigenvalue weighted by molar-refractivity contribution is 0.0169. The van der Waals surface area contributed by atoms with Crippen molar-refractivity contribution < 1.29 is 8.42 Å². The lowest BCUT2D eigenvalue weighted by Crippen LogP contribution is -2.71. The maximum Gasteiger partial charge on any atom is 0.211 e. The van der Waals surface area contributed by atoms with Crippen molar-refractivity contribution in [3.8, 4) is 0 Å². The van der Waals surface area contributed by atoms with E-state index in [4.69, 9.17) is 0 Å². The monoisotopic (exact) mass is 212 g/mol. The van der Waals surface area contributed by atoms with Crippen molar-refractivity contribution in [2.24, 2.45) is 5.41 Å². The Morgan fingerprint density at radius 1 is 1.33 bits per heavy atom. The molecule has 0 aliphatic carbocycles. The van der Waals surface area contributed by atoms with E-state index in [1.165, 1.54) is 10.6 Å². The molecule has 2 fully saturated rings. The Morgan fingerprint density at radius 3 is 2.08 bits per heavy atom. The Morgan fingerprint density at radius 2 is 1.83 bits per heavy atom. The standard InChI is InChI=1S/C6H12N2O2S.ClH/c1-11(9,10)8-4-6(5-8)2-7-3-6;/h7H,2-5H2,1H3;1H. The molecule has 0 aromatic heterocycles. The zero-order valence-electron chi connectivity index (χ0n) is 6.91. The summed E-state index contributed by atoms with van der Waals surface area (Å²) in [6, 6.07) is 0. The topological polar surface area (TPSA) is 49.4 Å². The summed E-state index contributed by atoms with van der Waals surface area (Å²) < 4.78 is 23.4. The Kier molecular flexibility index (Phi) is 2.42. The van der Waals surface area contributed by atoms with Crippen LogP contribution in [0.25, 0.3) is 0 Å². The number of nitrogens with one attached hydrogen (secondary N) is 1. The summed E-state index contributed by atoms with van der Waals surface area (Å²) >= 11 is 0. The van der Waals surface area contributed by atoms with E-state index in [2.05, 4.69) is 5.32 Å². The molecule has 0 bridgehead atoms. The molecule has 0 saturated carbocycles. The Hall–Kier alpha value is 0.160. The van der Waals surface area contributed by atoms with Gasteiger partial charge < -0.3 is 5.32 Å². The summed E-state index contributed by atoms with van der Waals surface area (Å²) in [7, 11) is -2.91. The van der Waals surface area contributed by atoms with Crippen LogP contribution < -0.4 is 5.32 Å². The predicted molar refractivity (Wildman–Crippen MR) is 49.0 cm³/mol. The molecule has 0 radical (unpaired) electrons. The van der Waals surface area contributed by atoms with Crippen molar-refractivity contribution in [1.82, 2.24) is 9.62 Å². The van der Waals surface area contributed by atoms with Crippen molar-refractivity contribution in [2.75, 3.05) is 32.4 Å². The SMILES string of the molecule is CS(=O)(=O)N1CC2(CNC2)C1.Cl. The van der Waals surface area contributed by atoms with Gasteiger partial charge in [-0.25, -0.2) is 12.7 Å². The molecular formula is C6H13ClN2O2S. The molecule has 0 amide bonds. The Labute approximate surface area is 78.8 Å². The van der Waals surface area contributed by atoms with Gasteiger partial charge in [-0.2, -0.15) is 0 Å². The van der Waals surface area contributed by atoms with E-state index >= 15 is 0 Å². The summed E-state index contributed by atoms with van der Waals surface area (Å²) in [5.74, 6) is 0. The van der Waals surface area contributed by atoms with Crippen molar-refractivity contribution in [1.29, 1.82) is 0 Å². The second kappa shape index (κ2) is 2.83. The molecule has 2 aliphatic heterocycles. The minimum absolute atomic E-state index is 0. The molecule has 12 heavy (non-hydrogen) atoms. The van der Waals surface area contributed by atoms with Crippen LogP contribution in [0.2, 0.25) is 0 Å². The fraction of sp³-hybridized carbons (Fsp3) is 1.00. The molecule has 2 rings (SSSR count). The third-order valence-electron chi connectivity index (χ3n) is 2.49. The van der Waals surface area contributed by atoms with E-state index in [0.29, 0.717) is 5.41 Å². The van der Waals surface area contributed by atoms with Gasteiger partial charge in [-0.3, -0.25) is 0 Å². The minimum atomic E-state index is -2.91. The second-order valence-electron chi connectivity index (χ2n) is 3.63. The smallest absolute Gasteiger partial charge is 0.211 e. The van der Waals surface area contributed by atoms with Gasteiger partial charge in [0.15, 0.2) is 0 Å². The average Bonchev–Trinajstić information content (AvgIpc) is 1.49. The number of rotatable bonds is 1. The van der Waals surface area contributed by atoms with E-state index < -0.39 is 10.0 Å². The van der Waals surface area contributed by atoms with Crippen LogP contribution in [0.3, 0.4) is 0 Å². The number of hydrogen-bond acceptors (Lipinski definition) is 3. The van der Waals surface area contributed by atoms with Crippen LogP contribution in [0.15, 0.2) is 0 Å². The van der Waals surface area contributed by atoms with Gasteiger partial charge in [0.25, 0.3) is 0 Å². The normalized spacial score (nSPS) is 27.1. The zero-order chi connectivity index (χ0) is 8.11. The van der Waals surface area contributed by atoms with Gasteiger partial charge in [0.05, 0.1) is 6.26 Å². The van der Waals surface area contributed by atoms with E-state index in [9.17, 15) is 8.42 Å². The molecule has 72 valence electrons. The van der Waals surface area contributed by atoms with Crippen LogP contribution in [0, 0.1) is 5.41 Å². The highest BCUT2D eigenvalue weighted by atomic mass is 35.5. The summed E-state index contributed by atoms with van der Waals surface area (Å²) in [6.07, 6.45) is 1.27. The quantitative estimate of drug-likeness (QED) is 0.624. The maximum atomic E-state index is 10.9. The number of sulfonamides is 1. The minimum Gasteiger partial charge on any atom is -0.315 e. The first-order chi connectivity index (χ1) is 5.02.